The van der Waals surface area contributed by atoms with Gasteiger partial charge in [-0.05, 0) is 37.1 Å². The summed E-state index contributed by atoms with van der Waals surface area (Å²) in [5.74, 6) is 1.28. The first-order valence-corrected chi connectivity index (χ1v) is 9.71. The van der Waals surface area contributed by atoms with E-state index in [0.717, 1.165) is 37.7 Å². The monoisotopic (exact) mass is 376 g/mol. The minimum absolute atomic E-state index is 0.536. The molecule has 146 valence electrons. The van der Waals surface area contributed by atoms with Crippen LogP contribution in [0.5, 0.6) is 0 Å². The molecule has 6 nitrogen and oxygen atoms in total. The molecule has 2 heterocycles. The van der Waals surface area contributed by atoms with Gasteiger partial charge in [-0.15, -0.1) is 0 Å². The average molecular weight is 377 g/mol. The van der Waals surface area contributed by atoms with E-state index in [9.17, 15) is 0 Å². The quantitative estimate of drug-likeness (QED) is 0.747. The molecule has 4 rings (SSSR count). The average Bonchev–Trinajstić information content (AvgIpc) is 2.68. The number of piperazine rings is 1. The Hall–Kier alpha value is -2.99. The minimum atomic E-state index is -0.952. The SMILES string of the molecule is Cc1ccc(C2(N)C=C(N)NC(N3CCN(c4cccc(C)c4)CC3)=N2)cc1. The molecule has 28 heavy (non-hydrogen) atoms. The molecule has 0 saturated carbocycles. The number of aliphatic imine (C=N–C) groups is 1. The summed E-state index contributed by atoms with van der Waals surface area (Å²) in [6.45, 7) is 7.75. The molecule has 0 spiro atoms. The fourth-order valence-corrected chi connectivity index (χ4v) is 3.76. The Bertz CT molecular complexity index is 909. The molecule has 2 aromatic rings. The van der Waals surface area contributed by atoms with Crippen LogP contribution < -0.4 is 21.7 Å². The maximum atomic E-state index is 6.63. The smallest absolute Gasteiger partial charge is 0.202 e. The third-order valence-electron chi connectivity index (χ3n) is 5.38. The molecule has 0 bridgehead atoms. The first kappa shape index (κ1) is 18.4. The zero-order valence-corrected chi connectivity index (χ0v) is 16.5. The number of aryl methyl sites for hydroxylation is 2. The highest BCUT2D eigenvalue weighted by Crippen LogP contribution is 2.26. The van der Waals surface area contributed by atoms with Crippen LogP contribution in [0.25, 0.3) is 0 Å². The number of benzene rings is 2. The zero-order chi connectivity index (χ0) is 19.7. The van der Waals surface area contributed by atoms with Crippen molar-refractivity contribution in [3.8, 4) is 0 Å². The van der Waals surface area contributed by atoms with Gasteiger partial charge < -0.3 is 20.9 Å². The van der Waals surface area contributed by atoms with Crippen molar-refractivity contribution in [2.24, 2.45) is 16.5 Å². The van der Waals surface area contributed by atoms with Crippen LogP contribution in [0.2, 0.25) is 0 Å². The van der Waals surface area contributed by atoms with Crippen LogP contribution >= 0.6 is 0 Å². The summed E-state index contributed by atoms with van der Waals surface area (Å²) < 4.78 is 0. The van der Waals surface area contributed by atoms with Crippen LogP contribution in [0.1, 0.15) is 16.7 Å². The van der Waals surface area contributed by atoms with Gasteiger partial charge in [-0.3, -0.25) is 5.73 Å². The minimum Gasteiger partial charge on any atom is -0.385 e. The van der Waals surface area contributed by atoms with E-state index in [1.165, 1.54) is 16.8 Å². The van der Waals surface area contributed by atoms with Crippen LogP contribution in [0, 0.1) is 13.8 Å². The van der Waals surface area contributed by atoms with E-state index in [4.69, 9.17) is 16.5 Å². The van der Waals surface area contributed by atoms with Crippen molar-refractivity contribution in [3.63, 3.8) is 0 Å². The van der Waals surface area contributed by atoms with E-state index >= 15 is 0 Å². The van der Waals surface area contributed by atoms with Gasteiger partial charge in [-0.25, -0.2) is 4.99 Å². The van der Waals surface area contributed by atoms with Gasteiger partial charge in [0.2, 0.25) is 5.96 Å². The molecule has 1 unspecified atom stereocenters. The van der Waals surface area contributed by atoms with E-state index in [1.807, 2.05) is 24.3 Å². The largest absolute Gasteiger partial charge is 0.385 e. The Morgan fingerprint density at radius 3 is 2.29 bits per heavy atom. The van der Waals surface area contributed by atoms with E-state index in [2.05, 4.69) is 53.2 Å². The summed E-state index contributed by atoms with van der Waals surface area (Å²) in [5, 5.41) is 3.20. The highest BCUT2D eigenvalue weighted by Gasteiger charge is 2.31. The molecule has 1 atom stereocenters. The number of hydrogen-bond acceptors (Lipinski definition) is 6. The summed E-state index contributed by atoms with van der Waals surface area (Å²) in [4.78, 5) is 9.46. The van der Waals surface area contributed by atoms with Crippen LogP contribution in [-0.4, -0.2) is 37.0 Å². The number of hydrogen-bond donors (Lipinski definition) is 3. The Balaban J connectivity index is 1.51. The summed E-state index contributed by atoms with van der Waals surface area (Å²) in [6.07, 6.45) is 1.78. The van der Waals surface area contributed by atoms with Crippen LogP contribution in [-0.2, 0) is 5.66 Å². The molecule has 0 radical (unpaired) electrons. The summed E-state index contributed by atoms with van der Waals surface area (Å²) in [5.41, 5.74) is 16.5. The molecular formula is C22H28N6. The second-order valence-electron chi connectivity index (χ2n) is 7.66. The Morgan fingerprint density at radius 1 is 0.929 bits per heavy atom. The Kier molecular flexibility index (Phi) is 4.73. The fraction of sp³-hybridized carbons (Fsp3) is 0.318. The van der Waals surface area contributed by atoms with E-state index in [0.29, 0.717) is 5.82 Å². The van der Waals surface area contributed by atoms with Crippen molar-refractivity contribution < 1.29 is 0 Å². The molecule has 0 aromatic heterocycles. The van der Waals surface area contributed by atoms with Crippen LogP contribution in [0.15, 0.2) is 65.4 Å². The maximum Gasteiger partial charge on any atom is 0.202 e. The topological polar surface area (TPSA) is 82.9 Å². The van der Waals surface area contributed by atoms with Gasteiger partial charge in [0, 0.05) is 37.9 Å². The lowest BCUT2D eigenvalue weighted by atomic mass is 9.98. The van der Waals surface area contributed by atoms with Crippen LogP contribution in [0.3, 0.4) is 0 Å². The van der Waals surface area contributed by atoms with E-state index in [-0.39, 0.29) is 0 Å². The zero-order valence-electron chi connectivity index (χ0n) is 16.5. The summed E-state index contributed by atoms with van der Waals surface area (Å²) in [7, 11) is 0. The lowest BCUT2D eigenvalue weighted by Gasteiger charge is -2.40. The van der Waals surface area contributed by atoms with Crippen molar-refractivity contribution in [1.29, 1.82) is 0 Å². The van der Waals surface area contributed by atoms with Gasteiger partial charge in [-0.2, -0.15) is 0 Å². The third kappa shape index (κ3) is 3.68. The maximum absolute atomic E-state index is 6.63. The van der Waals surface area contributed by atoms with Gasteiger partial charge in [0.05, 0.1) is 0 Å². The van der Waals surface area contributed by atoms with Gasteiger partial charge in [-0.1, -0.05) is 42.0 Å². The van der Waals surface area contributed by atoms with E-state index in [1.54, 1.807) is 6.08 Å². The fourth-order valence-electron chi connectivity index (χ4n) is 3.76. The van der Waals surface area contributed by atoms with Crippen molar-refractivity contribution >= 4 is 11.6 Å². The second-order valence-corrected chi connectivity index (χ2v) is 7.66. The molecule has 0 amide bonds. The number of nitrogens with two attached hydrogens (primary N) is 2. The van der Waals surface area contributed by atoms with Gasteiger partial charge in [0.25, 0.3) is 0 Å². The summed E-state index contributed by atoms with van der Waals surface area (Å²) in [6, 6.07) is 16.8. The lowest BCUT2D eigenvalue weighted by molar-refractivity contribution is 0.366. The lowest BCUT2D eigenvalue weighted by Crippen LogP contribution is -2.56. The highest BCUT2D eigenvalue weighted by molar-refractivity contribution is 5.83. The predicted molar refractivity (Wildman–Crippen MR) is 115 cm³/mol. The molecule has 0 aliphatic carbocycles. The first-order valence-electron chi connectivity index (χ1n) is 9.71. The summed E-state index contributed by atoms with van der Waals surface area (Å²) >= 11 is 0. The number of nitrogens with zero attached hydrogens (tertiary/aromatic N) is 3. The first-order chi connectivity index (χ1) is 13.4. The van der Waals surface area contributed by atoms with Gasteiger partial charge in [0.1, 0.15) is 5.82 Å². The number of rotatable bonds is 2. The van der Waals surface area contributed by atoms with Crippen molar-refractivity contribution in [2.45, 2.75) is 19.5 Å². The van der Waals surface area contributed by atoms with E-state index < -0.39 is 5.66 Å². The molecular weight excluding hydrogens is 348 g/mol. The van der Waals surface area contributed by atoms with Crippen molar-refractivity contribution in [1.82, 2.24) is 10.2 Å². The molecule has 2 aliphatic rings. The van der Waals surface area contributed by atoms with Crippen molar-refractivity contribution in [3.05, 3.63) is 77.1 Å². The molecule has 1 saturated heterocycles. The molecule has 5 N–H and O–H groups in total. The molecule has 2 aromatic carbocycles. The Morgan fingerprint density at radius 2 is 1.61 bits per heavy atom. The number of guanidine groups is 1. The van der Waals surface area contributed by atoms with Gasteiger partial charge in [0.15, 0.2) is 5.66 Å². The predicted octanol–water partition coefficient (Wildman–Crippen LogP) is 2.00. The molecule has 2 aliphatic heterocycles. The Labute approximate surface area is 166 Å². The molecule has 6 heteroatoms. The highest BCUT2D eigenvalue weighted by atomic mass is 15.4. The normalized spacial score (nSPS) is 22.4. The second kappa shape index (κ2) is 7.20. The number of nitrogens with one attached hydrogen (secondary N) is 1. The third-order valence-corrected chi connectivity index (χ3v) is 5.38. The van der Waals surface area contributed by atoms with Gasteiger partial charge >= 0.3 is 0 Å². The number of anilines is 1. The van der Waals surface area contributed by atoms with Crippen molar-refractivity contribution in [2.75, 3.05) is 31.1 Å². The van der Waals surface area contributed by atoms with Crippen LogP contribution in [0.4, 0.5) is 5.69 Å². The standard InChI is InChI=1S/C22H28N6/c1-16-6-8-18(9-7-16)22(24)15-20(23)25-21(26-22)28-12-10-27(11-13-28)19-5-3-4-17(2)14-19/h3-9,14-15H,10-13,23-24H2,1-2H3,(H,25,26). The molecule has 1 fully saturated rings.